The minimum absolute atomic E-state index is 0.0267. The van der Waals surface area contributed by atoms with Crippen LogP contribution < -0.4 is 4.90 Å². The van der Waals surface area contributed by atoms with Crippen LogP contribution in [0, 0.1) is 5.92 Å². The molecule has 1 aliphatic heterocycles. The van der Waals surface area contributed by atoms with E-state index in [2.05, 4.69) is 57.8 Å². The summed E-state index contributed by atoms with van der Waals surface area (Å²) in [5.74, 6) is 1.56. The molecule has 0 aliphatic carbocycles. The number of carbonyl (C=O) groups excluding carboxylic acids is 2. The molecule has 1 aliphatic rings. The molecule has 0 N–H and O–H groups in total. The van der Waals surface area contributed by atoms with Crippen molar-refractivity contribution < 1.29 is 9.59 Å². The largest absolute Gasteiger partial charge is 0.340 e. The number of aromatic nitrogens is 2. The highest BCUT2D eigenvalue weighted by Gasteiger charge is 2.29. The minimum Gasteiger partial charge on any atom is -0.340 e. The van der Waals surface area contributed by atoms with Crippen LogP contribution in [0.5, 0.6) is 0 Å². The van der Waals surface area contributed by atoms with Crippen LogP contribution in [0.1, 0.15) is 83.6 Å². The monoisotopic (exact) mass is 454 g/mol. The molecule has 2 rings (SSSR count). The summed E-state index contributed by atoms with van der Waals surface area (Å²) in [5.41, 5.74) is 4.55. The first-order chi connectivity index (χ1) is 15.6. The average Bonchev–Trinajstić information content (AvgIpc) is 3.14. The summed E-state index contributed by atoms with van der Waals surface area (Å²) in [5, 5.41) is 0. The molecule has 0 atom stereocenters. The molecule has 182 valence electrons. The third-order valence-corrected chi connectivity index (χ3v) is 5.96. The zero-order valence-corrected chi connectivity index (χ0v) is 21.6. The van der Waals surface area contributed by atoms with Gasteiger partial charge in [0.2, 0.25) is 0 Å². The first kappa shape index (κ1) is 26.6. The molecule has 0 spiro atoms. The van der Waals surface area contributed by atoms with Gasteiger partial charge in [0.1, 0.15) is 5.78 Å². The van der Waals surface area contributed by atoms with E-state index in [9.17, 15) is 9.59 Å². The Morgan fingerprint density at radius 1 is 1.00 bits per heavy atom. The summed E-state index contributed by atoms with van der Waals surface area (Å²) in [6, 6.07) is 0. The van der Waals surface area contributed by atoms with Crippen molar-refractivity contribution in [3.63, 3.8) is 0 Å². The number of hydrogen-bond acceptors (Lipinski definition) is 4. The van der Waals surface area contributed by atoms with Gasteiger partial charge < -0.3 is 14.4 Å². The highest BCUT2D eigenvalue weighted by molar-refractivity contribution is 5.99. The Morgan fingerprint density at radius 3 is 2.24 bits per heavy atom. The van der Waals surface area contributed by atoms with Crippen molar-refractivity contribution in [3.05, 3.63) is 47.0 Å². The van der Waals surface area contributed by atoms with Crippen molar-refractivity contribution in [2.45, 2.75) is 79.7 Å². The molecule has 0 fully saturated rings. The van der Waals surface area contributed by atoms with Crippen molar-refractivity contribution in [3.8, 4) is 0 Å². The quantitative estimate of drug-likeness (QED) is 0.376. The zero-order chi connectivity index (χ0) is 24.5. The molecule has 0 radical (unpaired) electrons. The van der Waals surface area contributed by atoms with E-state index in [1.165, 1.54) is 16.7 Å². The van der Waals surface area contributed by atoms with E-state index in [0.29, 0.717) is 43.5 Å². The Labute approximate surface area is 200 Å². The second-order valence-electron chi connectivity index (χ2n) is 9.95. The maximum atomic E-state index is 12.5. The number of anilines is 1. The van der Waals surface area contributed by atoms with Gasteiger partial charge in [-0.1, -0.05) is 48.8 Å². The van der Waals surface area contributed by atoms with E-state index in [1.807, 2.05) is 23.6 Å². The number of allylic oxidation sites excluding steroid dienone is 6. The summed E-state index contributed by atoms with van der Waals surface area (Å²) in [6.07, 6.45) is 13.8. The fourth-order valence-corrected chi connectivity index (χ4v) is 4.10. The van der Waals surface area contributed by atoms with Gasteiger partial charge in [-0.15, -0.1) is 0 Å². The van der Waals surface area contributed by atoms with Gasteiger partial charge in [0, 0.05) is 33.5 Å². The number of nitrogens with zero attached hydrogens (tertiary/aromatic N) is 4. The number of imidazole rings is 1. The van der Waals surface area contributed by atoms with E-state index >= 15 is 0 Å². The predicted octanol–water partition coefficient (Wildman–Crippen LogP) is 5.77. The van der Waals surface area contributed by atoms with Crippen LogP contribution in [-0.2, 0) is 11.3 Å². The molecule has 1 aromatic rings. The van der Waals surface area contributed by atoms with Crippen LogP contribution in [0.15, 0.2) is 41.3 Å². The van der Waals surface area contributed by atoms with Crippen molar-refractivity contribution >= 4 is 17.5 Å². The third-order valence-electron chi connectivity index (χ3n) is 5.96. The standard InChI is InChI=1S/C27H42N4O2/c1-20(2)16-24(32)17-23(5)13-9-11-21(3)10-8-12-22(4)14-15-31-18-28-26-25(31)27(33)30(7)19-29(26)6/h10,13-14,18,20H,8-9,11-12,15-17,19H2,1-7H3. The van der Waals surface area contributed by atoms with E-state index in [4.69, 9.17) is 0 Å². The molecule has 0 aromatic carbocycles. The lowest BCUT2D eigenvalue weighted by Gasteiger charge is -2.30. The molecule has 0 unspecified atom stereocenters. The van der Waals surface area contributed by atoms with Crippen LogP contribution in [0.4, 0.5) is 5.82 Å². The minimum atomic E-state index is 0.0267. The van der Waals surface area contributed by atoms with Crippen molar-refractivity contribution in [2.24, 2.45) is 5.92 Å². The molecular weight excluding hydrogens is 412 g/mol. The zero-order valence-electron chi connectivity index (χ0n) is 21.6. The topological polar surface area (TPSA) is 58.4 Å². The van der Waals surface area contributed by atoms with Crippen LogP contribution >= 0.6 is 0 Å². The average molecular weight is 455 g/mol. The van der Waals surface area contributed by atoms with Crippen LogP contribution in [-0.4, -0.2) is 46.9 Å². The Kier molecular flexibility index (Phi) is 10.1. The van der Waals surface area contributed by atoms with Gasteiger partial charge >= 0.3 is 0 Å². The highest BCUT2D eigenvalue weighted by atomic mass is 16.2. The molecule has 6 nitrogen and oxygen atoms in total. The van der Waals surface area contributed by atoms with E-state index in [1.54, 1.807) is 11.2 Å². The highest BCUT2D eigenvalue weighted by Crippen LogP contribution is 2.24. The Balaban J connectivity index is 1.78. The number of rotatable bonds is 12. The number of Topliss-reactive ketones (excluding diaryl/α,β-unsaturated/α-hetero) is 1. The van der Waals surface area contributed by atoms with E-state index in [-0.39, 0.29) is 5.91 Å². The fourth-order valence-electron chi connectivity index (χ4n) is 4.10. The second-order valence-corrected chi connectivity index (χ2v) is 9.95. The summed E-state index contributed by atoms with van der Waals surface area (Å²) < 4.78 is 1.94. The van der Waals surface area contributed by atoms with Crippen molar-refractivity contribution in [1.82, 2.24) is 14.5 Å². The van der Waals surface area contributed by atoms with Crippen LogP contribution in [0.25, 0.3) is 0 Å². The smallest absolute Gasteiger partial charge is 0.275 e. The van der Waals surface area contributed by atoms with Gasteiger partial charge in [-0.2, -0.15) is 0 Å². The summed E-state index contributed by atoms with van der Waals surface area (Å²) in [7, 11) is 3.77. The second kappa shape index (κ2) is 12.6. The summed E-state index contributed by atoms with van der Waals surface area (Å²) in [4.78, 5) is 32.6. The number of fused-ring (bicyclic) bond motifs is 1. The first-order valence-electron chi connectivity index (χ1n) is 12.1. The van der Waals surface area contributed by atoms with Gasteiger partial charge in [-0.25, -0.2) is 4.98 Å². The van der Waals surface area contributed by atoms with E-state index < -0.39 is 0 Å². The molecule has 1 aromatic heterocycles. The lowest BCUT2D eigenvalue weighted by atomic mass is 10.0. The predicted molar refractivity (Wildman–Crippen MR) is 136 cm³/mol. The maximum Gasteiger partial charge on any atom is 0.275 e. The fraction of sp³-hybridized carbons (Fsp3) is 0.593. The molecule has 6 heteroatoms. The molecule has 0 saturated carbocycles. The van der Waals surface area contributed by atoms with Crippen molar-refractivity contribution in [2.75, 3.05) is 25.7 Å². The van der Waals surface area contributed by atoms with Crippen LogP contribution in [0.3, 0.4) is 0 Å². The van der Waals surface area contributed by atoms with Gasteiger partial charge in [-0.05, 0) is 52.4 Å². The lowest BCUT2D eigenvalue weighted by molar-refractivity contribution is -0.119. The molecule has 0 saturated heterocycles. The van der Waals surface area contributed by atoms with E-state index in [0.717, 1.165) is 31.5 Å². The van der Waals surface area contributed by atoms with Gasteiger partial charge in [-0.3, -0.25) is 9.59 Å². The molecule has 0 bridgehead atoms. The number of amides is 1. The maximum absolute atomic E-state index is 12.5. The number of carbonyl (C=O) groups is 2. The number of ketones is 1. The lowest BCUT2D eigenvalue weighted by Crippen LogP contribution is -2.43. The molecule has 1 amide bonds. The normalized spacial score (nSPS) is 15.5. The Hall–Kier alpha value is -2.63. The van der Waals surface area contributed by atoms with Gasteiger partial charge in [0.05, 0.1) is 13.0 Å². The van der Waals surface area contributed by atoms with Gasteiger partial charge in [0.25, 0.3) is 5.91 Å². The van der Waals surface area contributed by atoms with Crippen molar-refractivity contribution in [1.29, 1.82) is 0 Å². The molecule has 33 heavy (non-hydrogen) atoms. The SMILES string of the molecule is CC(=CCCC(C)=CCn1cnc2c1C(=O)N(C)CN2C)CCC=C(C)CC(=O)CC(C)C. The molecule has 2 heterocycles. The summed E-state index contributed by atoms with van der Waals surface area (Å²) in [6.45, 7) is 11.8. The first-order valence-corrected chi connectivity index (χ1v) is 12.1. The summed E-state index contributed by atoms with van der Waals surface area (Å²) >= 11 is 0. The Bertz CT molecular complexity index is 921. The van der Waals surface area contributed by atoms with Crippen LogP contribution in [0.2, 0.25) is 0 Å². The third kappa shape index (κ3) is 8.34. The molecular formula is C27H42N4O2. The number of hydrogen-bond donors (Lipinski definition) is 0. The van der Waals surface area contributed by atoms with Gasteiger partial charge in [0.15, 0.2) is 11.5 Å². The Morgan fingerprint density at radius 2 is 1.61 bits per heavy atom.